The Balaban J connectivity index is 1.77. The van der Waals surface area contributed by atoms with Crippen LogP contribution in [0.3, 0.4) is 0 Å². The summed E-state index contributed by atoms with van der Waals surface area (Å²) in [6.45, 7) is 0.234. The second-order valence-electron chi connectivity index (χ2n) is 4.51. The quantitative estimate of drug-likeness (QED) is 0.652. The van der Waals surface area contributed by atoms with Crippen LogP contribution in [0.25, 0.3) is 11.0 Å². The summed E-state index contributed by atoms with van der Waals surface area (Å²) in [7, 11) is -3.62. The van der Waals surface area contributed by atoms with Gasteiger partial charge < -0.3 is 14.4 Å². The number of hydrogen-bond acceptors (Lipinski definition) is 4. The maximum absolute atomic E-state index is 12.2. The average molecular weight is 307 g/mol. The molecule has 0 saturated heterocycles. The third kappa shape index (κ3) is 2.91. The minimum absolute atomic E-state index is 0.102. The molecule has 0 radical (unpaired) electrons. The molecule has 3 rings (SSSR count). The molecular weight excluding hydrogens is 294 g/mol. The second-order valence-corrected chi connectivity index (χ2v) is 6.28. The van der Waals surface area contributed by atoms with Gasteiger partial charge in [0, 0.05) is 13.0 Å². The summed E-state index contributed by atoms with van der Waals surface area (Å²) in [5.74, 6) is 0.711. The highest BCUT2D eigenvalue weighted by Gasteiger charge is 2.14. The largest absolute Gasteiger partial charge is 0.469 e. The number of H-pyrrole nitrogens is 2. The lowest BCUT2D eigenvalue weighted by Gasteiger charge is -2.05. The monoisotopic (exact) mass is 307 g/mol. The molecule has 0 aliphatic carbocycles. The van der Waals surface area contributed by atoms with E-state index >= 15 is 0 Å². The Morgan fingerprint density at radius 1 is 1.14 bits per heavy atom. The normalized spacial score (nSPS) is 12.0. The number of aromatic nitrogens is 2. The molecule has 0 amide bonds. The van der Waals surface area contributed by atoms with Crippen LogP contribution < -0.4 is 10.4 Å². The molecule has 0 aliphatic rings. The Kier molecular flexibility index (Phi) is 3.40. The first-order valence-corrected chi connectivity index (χ1v) is 7.77. The summed E-state index contributed by atoms with van der Waals surface area (Å²) in [5, 5.41) is 0. The van der Waals surface area contributed by atoms with Gasteiger partial charge >= 0.3 is 5.69 Å². The van der Waals surface area contributed by atoms with Crippen molar-refractivity contribution < 1.29 is 12.8 Å². The number of imidazole rings is 1. The number of fused-ring (bicyclic) bond motifs is 1. The highest BCUT2D eigenvalue weighted by molar-refractivity contribution is 7.89. The van der Waals surface area contributed by atoms with Crippen LogP contribution in [0.5, 0.6) is 0 Å². The molecule has 2 aromatic heterocycles. The lowest BCUT2D eigenvalue weighted by atomic mass is 10.3. The molecule has 2 heterocycles. The van der Waals surface area contributed by atoms with Gasteiger partial charge in [0.05, 0.1) is 22.2 Å². The number of hydrogen-bond donors (Lipinski definition) is 3. The third-order valence-corrected chi connectivity index (χ3v) is 4.50. The summed E-state index contributed by atoms with van der Waals surface area (Å²) in [4.78, 5) is 16.4. The zero-order valence-corrected chi connectivity index (χ0v) is 11.7. The lowest BCUT2D eigenvalue weighted by Crippen LogP contribution is -2.25. The average Bonchev–Trinajstić information content (AvgIpc) is 3.05. The maximum atomic E-state index is 12.2. The van der Waals surface area contributed by atoms with Crippen molar-refractivity contribution in [3.8, 4) is 0 Å². The smallest absolute Gasteiger partial charge is 0.323 e. The Hall–Kier alpha value is -2.32. The molecule has 7 nitrogen and oxygen atoms in total. The minimum atomic E-state index is -3.62. The van der Waals surface area contributed by atoms with Gasteiger partial charge in [0.2, 0.25) is 10.0 Å². The van der Waals surface area contributed by atoms with Crippen molar-refractivity contribution in [3.63, 3.8) is 0 Å². The number of nitrogens with one attached hydrogen (secondary N) is 3. The number of sulfonamides is 1. The predicted molar refractivity (Wildman–Crippen MR) is 76.5 cm³/mol. The molecule has 1 aromatic carbocycles. The molecular formula is C13H13N3O4S. The van der Waals surface area contributed by atoms with Gasteiger partial charge in [-0.05, 0) is 30.3 Å². The van der Waals surface area contributed by atoms with Crippen molar-refractivity contribution >= 4 is 21.1 Å². The summed E-state index contributed by atoms with van der Waals surface area (Å²) in [6.07, 6.45) is 2.01. The van der Waals surface area contributed by atoms with Crippen molar-refractivity contribution in [2.75, 3.05) is 6.54 Å². The minimum Gasteiger partial charge on any atom is -0.469 e. The number of rotatable bonds is 5. The van der Waals surface area contributed by atoms with Crippen molar-refractivity contribution in [2.24, 2.45) is 0 Å². The molecule has 0 atom stereocenters. The van der Waals surface area contributed by atoms with Gasteiger partial charge in [-0.2, -0.15) is 0 Å². The summed E-state index contributed by atoms with van der Waals surface area (Å²) >= 11 is 0. The Labute approximate surface area is 120 Å². The number of aromatic amines is 2. The molecule has 0 aliphatic heterocycles. The van der Waals surface area contributed by atoms with Gasteiger partial charge in [0.15, 0.2) is 0 Å². The molecule has 0 fully saturated rings. The van der Waals surface area contributed by atoms with Gasteiger partial charge in [0.25, 0.3) is 0 Å². The van der Waals surface area contributed by atoms with Gasteiger partial charge in [-0.15, -0.1) is 0 Å². The molecule has 21 heavy (non-hydrogen) atoms. The van der Waals surface area contributed by atoms with E-state index in [0.29, 0.717) is 23.2 Å². The van der Waals surface area contributed by atoms with Crippen LogP contribution in [0.1, 0.15) is 5.76 Å². The Morgan fingerprint density at radius 3 is 2.71 bits per heavy atom. The van der Waals surface area contributed by atoms with Crippen LogP contribution in [0, 0.1) is 0 Å². The molecule has 0 spiro atoms. The number of benzene rings is 1. The van der Waals surface area contributed by atoms with E-state index in [1.54, 1.807) is 24.5 Å². The van der Waals surface area contributed by atoms with Crippen LogP contribution in [0.2, 0.25) is 0 Å². The second kappa shape index (κ2) is 5.23. The molecule has 3 aromatic rings. The zero-order chi connectivity index (χ0) is 14.9. The molecule has 0 bridgehead atoms. The maximum Gasteiger partial charge on any atom is 0.323 e. The van der Waals surface area contributed by atoms with Crippen molar-refractivity contribution in [2.45, 2.75) is 11.3 Å². The molecule has 8 heteroatoms. The summed E-state index contributed by atoms with van der Waals surface area (Å²) in [5.41, 5.74) is 0.647. The molecule has 0 unspecified atom stereocenters. The fourth-order valence-electron chi connectivity index (χ4n) is 2.03. The van der Waals surface area contributed by atoms with Crippen molar-refractivity contribution in [1.82, 2.24) is 14.7 Å². The topological polar surface area (TPSA) is 108 Å². The lowest BCUT2D eigenvalue weighted by molar-refractivity contribution is 0.506. The summed E-state index contributed by atoms with van der Waals surface area (Å²) in [6, 6.07) is 7.95. The van der Waals surface area contributed by atoms with E-state index in [-0.39, 0.29) is 17.1 Å². The van der Waals surface area contributed by atoms with E-state index in [1.807, 2.05) is 0 Å². The fraction of sp³-hybridized carbons (Fsp3) is 0.154. The van der Waals surface area contributed by atoms with Crippen LogP contribution in [-0.4, -0.2) is 24.9 Å². The SMILES string of the molecule is O=c1[nH]c2ccc(S(=O)(=O)NCCc3ccco3)cc2[nH]1. The van der Waals surface area contributed by atoms with Crippen LogP contribution in [0.15, 0.2) is 50.7 Å². The molecule has 3 N–H and O–H groups in total. The van der Waals surface area contributed by atoms with Gasteiger partial charge in [0.1, 0.15) is 5.76 Å². The van der Waals surface area contributed by atoms with Crippen LogP contribution in [-0.2, 0) is 16.4 Å². The first kappa shape index (κ1) is 13.7. The van der Waals surface area contributed by atoms with E-state index in [9.17, 15) is 13.2 Å². The van der Waals surface area contributed by atoms with Crippen LogP contribution in [0.4, 0.5) is 0 Å². The first-order valence-electron chi connectivity index (χ1n) is 6.29. The molecule has 0 saturated carbocycles. The van der Waals surface area contributed by atoms with E-state index in [0.717, 1.165) is 0 Å². The Morgan fingerprint density at radius 2 is 1.95 bits per heavy atom. The zero-order valence-electron chi connectivity index (χ0n) is 10.9. The highest BCUT2D eigenvalue weighted by atomic mass is 32.2. The first-order chi connectivity index (χ1) is 10.0. The number of furan rings is 1. The van der Waals surface area contributed by atoms with Gasteiger partial charge in [-0.1, -0.05) is 0 Å². The standard InChI is InChI=1S/C13H13N3O4S/c17-13-15-11-4-3-10(8-12(11)16-13)21(18,19)14-6-5-9-2-1-7-20-9/h1-4,7-8,14H,5-6H2,(H2,15,16,17). The van der Waals surface area contributed by atoms with E-state index < -0.39 is 10.0 Å². The summed E-state index contributed by atoms with van der Waals surface area (Å²) < 4.78 is 32.0. The van der Waals surface area contributed by atoms with Crippen LogP contribution >= 0.6 is 0 Å². The van der Waals surface area contributed by atoms with Crippen molar-refractivity contribution in [1.29, 1.82) is 0 Å². The Bertz CT molecular complexity index is 906. The molecule has 110 valence electrons. The third-order valence-electron chi connectivity index (χ3n) is 3.04. The van der Waals surface area contributed by atoms with E-state index in [1.165, 1.54) is 12.1 Å². The fourth-order valence-corrected chi connectivity index (χ4v) is 3.08. The van der Waals surface area contributed by atoms with Gasteiger partial charge in [-0.3, -0.25) is 0 Å². The van der Waals surface area contributed by atoms with E-state index in [2.05, 4.69) is 14.7 Å². The van der Waals surface area contributed by atoms with E-state index in [4.69, 9.17) is 4.42 Å². The highest BCUT2D eigenvalue weighted by Crippen LogP contribution is 2.14. The van der Waals surface area contributed by atoms with Crippen molar-refractivity contribution in [3.05, 3.63) is 52.8 Å². The van der Waals surface area contributed by atoms with Gasteiger partial charge in [-0.25, -0.2) is 17.9 Å². The predicted octanol–water partition coefficient (Wildman–Crippen LogP) is 0.970.